The SMILES string of the molecule is COc1ccc(C)cc1N=Nc1c(N)c(/N=N\c2cc(S(=O)(=O)CCOS(=O)(=O)O)ccc2OC)c(N)c(N=Nc2ccc(SOOCCN)cc2S(=O)(=O)O)c1C(=O)O. The number of rotatable bonds is 20. The number of benzene rings is 4. The van der Waals surface area contributed by atoms with Crippen molar-refractivity contribution >= 4 is 93.9 Å². The summed E-state index contributed by atoms with van der Waals surface area (Å²) >= 11 is 0.577. The Bertz CT molecular complexity index is 2700. The first-order valence-corrected chi connectivity index (χ1v) is 21.6. The predicted molar refractivity (Wildman–Crippen MR) is 213 cm³/mol. The molecule has 9 N–H and O–H groups in total. The summed E-state index contributed by atoms with van der Waals surface area (Å²) in [7, 11) is -11.6. The van der Waals surface area contributed by atoms with Gasteiger partial charge in [0.25, 0.3) is 10.1 Å². The van der Waals surface area contributed by atoms with Gasteiger partial charge in [-0.3, -0.25) is 9.11 Å². The summed E-state index contributed by atoms with van der Waals surface area (Å²) in [6.07, 6.45) is 0. The monoisotopic (exact) mass is 913 g/mol. The van der Waals surface area contributed by atoms with E-state index in [4.69, 9.17) is 40.4 Å². The summed E-state index contributed by atoms with van der Waals surface area (Å²) in [6.45, 7) is 0.956. The molecule has 24 nitrogen and oxygen atoms in total. The lowest BCUT2D eigenvalue weighted by molar-refractivity contribution is -0.187. The third-order valence-corrected chi connectivity index (χ3v) is 11.1. The van der Waals surface area contributed by atoms with E-state index >= 15 is 0 Å². The van der Waals surface area contributed by atoms with Crippen molar-refractivity contribution in [3.63, 3.8) is 0 Å². The quantitative estimate of drug-likeness (QED) is 0.0115. The molecule has 0 spiro atoms. The molecule has 28 heteroatoms. The van der Waals surface area contributed by atoms with E-state index < -0.39 is 98.2 Å². The van der Waals surface area contributed by atoms with Crippen LogP contribution in [0.5, 0.6) is 11.5 Å². The van der Waals surface area contributed by atoms with E-state index in [0.717, 1.165) is 29.8 Å². The summed E-state index contributed by atoms with van der Waals surface area (Å²) in [4.78, 5) is 16.6. The number of carboxylic acid groups (broad SMARTS) is 1. The van der Waals surface area contributed by atoms with Crippen LogP contribution in [-0.4, -0.2) is 85.2 Å². The molecule has 0 fully saturated rings. The Morgan fingerprint density at radius 1 is 0.733 bits per heavy atom. The molecule has 0 aliphatic carbocycles. The number of ether oxygens (including phenoxy) is 2. The van der Waals surface area contributed by atoms with Crippen LogP contribution in [0.25, 0.3) is 0 Å². The van der Waals surface area contributed by atoms with Crippen molar-refractivity contribution in [3.05, 3.63) is 65.7 Å². The number of azo groups is 3. The molecule has 0 aromatic heterocycles. The molecule has 0 heterocycles. The zero-order valence-corrected chi connectivity index (χ0v) is 34.6. The van der Waals surface area contributed by atoms with Gasteiger partial charge < -0.3 is 31.8 Å². The van der Waals surface area contributed by atoms with E-state index in [1.807, 2.05) is 0 Å². The summed E-state index contributed by atoms with van der Waals surface area (Å²) in [5.41, 5.74) is 14.5. The highest BCUT2D eigenvalue weighted by Crippen LogP contribution is 2.50. The molecule has 0 radical (unpaired) electrons. The van der Waals surface area contributed by atoms with Gasteiger partial charge in [0.1, 0.15) is 56.1 Å². The minimum atomic E-state index is -5.01. The van der Waals surface area contributed by atoms with Crippen LogP contribution in [0.4, 0.5) is 45.5 Å². The molecule has 4 aromatic carbocycles. The second-order valence-corrected chi connectivity index (χ2v) is 17.0. The van der Waals surface area contributed by atoms with Gasteiger partial charge in [0, 0.05) is 11.4 Å². The number of hydrogen-bond acceptors (Lipinski definition) is 22. The topological polar surface area (TPSA) is 379 Å². The fraction of sp³-hybridized carbons (Fsp3) is 0.219. The summed E-state index contributed by atoms with van der Waals surface area (Å²) in [6, 6.07) is 11.5. The zero-order chi connectivity index (χ0) is 44.4. The molecule has 322 valence electrons. The smallest absolute Gasteiger partial charge is 0.397 e. The fourth-order valence-electron chi connectivity index (χ4n) is 4.75. The van der Waals surface area contributed by atoms with Gasteiger partial charge in [-0.2, -0.15) is 21.2 Å². The van der Waals surface area contributed by atoms with Gasteiger partial charge in [-0.25, -0.2) is 22.3 Å². The highest BCUT2D eigenvalue weighted by Gasteiger charge is 2.28. The van der Waals surface area contributed by atoms with Crippen molar-refractivity contribution in [1.29, 1.82) is 0 Å². The first kappa shape index (κ1) is 47.0. The van der Waals surface area contributed by atoms with Crippen molar-refractivity contribution in [2.45, 2.75) is 21.6 Å². The van der Waals surface area contributed by atoms with Gasteiger partial charge in [-0.15, -0.1) is 30.7 Å². The van der Waals surface area contributed by atoms with E-state index in [9.17, 15) is 39.7 Å². The maximum Gasteiger partial charge on any atom is 0.397 e. The summed E-state index contributed by atoms with van der Waals surface area (Å²) < 4.78 is 111. The Morgan fingerprint density at radius 3 is 1.85 bits per heavy atom. The second kappa shape index (κ2) is 20.0. The minimum Gasteiger partial charge on any atom is -0.494 e. The van der Waals surface area contributed by atoms with Gasteiger partial charge in [0.15, 0.2) is 9.84 Å². The summed E-state index contributed by atoms with van der Waals surface area (Å²) in [5, 5.41) is 34.6. The van der Waals surface area contributed by atoms with E-state index in [1.165, 1.54) is 26.4 Å². The number of nitrogen functional groups attached to an aromatic ring is 2. The Kier molecular flexibility index (Phi) is 15.7. The number of nitrogens with two attached hydrogens (primary N) is 3. The molecule has 0 atom stereocenters. The number of hydrogen-bond donors (Lipinski definition) is 6. The van der Waals surface area contributed by atoms with Gasteiger partial charge in [-0.1, -0.05) is 6.07 Å². The van der Waals surface area contributed by atoms with Crippen LogP contribution in [-0.2, 0) is 43.8 Å². The minimum absolute atomic E-state index is 0.0146. The molecule has 0 saturated carbocycles. The number of methoxy groups -OCH3 is 2. The first-order valence-electron chi connectivity index (χ1n) is 16.4. The lowest BCUT2D eigenvalue weighted by Crippen LogP contribution is -2.15. The number of carboxylic acids is 1. The maximum atomic E-state index is 13.0. The van der Waals surface area contributed by atoms with Crippen LogP contribution in [0.3, 0.4) is 0 Å². The van der Waals surface area contributed by atoms with Crippen LogP contribution < -0.4 is 26.7 Å². The zero-order valence-electron chi connectivity index (χ0n) is 31.3. The number of anilines is 2. The average Bonchev–Trinajstić information content (AvgIpc) is 3.17. The predicted octanol–water partition coefficient (Wildman–Crippen LogP) is 5.87. The maximum absolute atomic E-state index is 13.0. The Balaban J connectivity index is 1.95. The molecule has 60 heavy (non-hydrogen) atoms. The molecule has 0 aliphatic heterocycles. The highest BCUT2D eigenvalue weighted by molar-refractivity contribution is 7.94. The molecule has 0 amide bonds. The van der Waals surface area contributed by atoms with Crippen LogP contribution in [0.15, 0.2) is 100.0 Å². The van der Waals surface area contributed by atoms with Crippen molar-refractivity contribution in [1.82, 2.24) is 0 Å². The molecule has 0 unspecified atom stereocenters. The molecule has 0 aliphatic rings. The highest BCUT2D eigenvalue weighted by atomic mass is 32.3. The van der Waals surface area contributed by atoms with Gasteiger partial charge in [0.2, 0.25) is 0 Å². The van der Waals surface area contributed by atoms with Crippen LogP contribution in [0.1, 0.15) is 15.9 Å². The Morgan fingerprint density at radius 2 is 1.30 bits per heavy atom. The average molecular weight is 914 g/mol. The third-order valence-electron chi connectivity index (χ3n) is 7.50. The third kappa shape index (κ3) is 12.2. The van der Waals surface area contributed by atoms with Crippen LogP contribution in [0, 0.1) is 6.92 Å². The van der Waals surface area contributed by atoms with E-state index in [1.54, 1.807) is 25.1 Å². The van der Waals surface area contributed by atoms with E-state index in [2.05, 4.69) is 34.9 Å². The van der Waals surface area contributed by atoms with Crippen molar-refractivity contribution in [3.8, 4) is 11.5 Å². The first-order chi connectivity index (χ1) is 28.2. The number of aromatic carboxylic acids is 1. The lowest BCUT2D eigenvalue weighted by atomic mass is 10.1. The normalized spacial score (nSPS) is 12.5. The Labute approximate surface area is 346 Å². The van der Waals surface area contributed by atoms with Crippen molar-refractivity contribution in [2.24, 2.45) is 36.4 Å². The largest absolute Gasteiger partial charge is 0.494 e. The molecule has 0 saturated heterocycles. The fourth-order valence-corrected chi connectivity index (χ4v) is 7.46. The second-order valence-electron chi connectivity index (χ2n) is 11.6. The number of sulfone groups is 1. The Hall–Kier alpha value is -5.69. The molecular formula is C32H35N9O15S4. The van der Waals surface area contributed by atoms with E-state index in [-0.39, 0.29) is 40.9 Å². The van der Waals surface area contributed by atoms with Crippen molar-refractivity contribution < 1.29 is 67.1 Å². The van der Waals surface area contributed by atoms with Crippen LogP contribution >= 0.6 is 12.0 Å². The lowest BCUT2D eigenvalue weighted by Gasteiger charge is -2.14. The molecule has 0 bridgehead atoms. The standard InChI is InChI=1S/C32H35N9O15S4/c1-17-4-8-23(52-2)21(14-17)37-40-30-26(32(42)43)29(39-36-20-7-5-18(57-56-54-11-10-33)15-25(20)59(46,47)48)27(34)31(28(30)35)41-38-22-16-19(6-9-24(22)53-3)58(44,45)13-12-55-60(49,50)51/h4-9,14-16H,10-13,33-35H2,1-3H3,(H,42,43)(H,46,47,48)(H,49,50,51)/b39-36?,40-37?,41-38-. The van der Waals surface area contributed by atoms with Crippen LogP contribution in [0.2, 0.25) is 0 Å². The van der Waals surface area contributed by atoms with E-state index in [0.29, 0.717) is 12.0 Å². The van der Waals surface area contributed by atoms with Crippen molar-refractivity contribution in [2.75, 3.05) is 51.2 Å². The number of nitrogens with zero attached hydrogens (tertiary/aromatic N) is 6. The molecule has 4 rings (SSSR count). The van der Waals surface area contributed by atoms with Gasteiger partial charge in [0.05, 0.1) is 61.5 Å². The van der Waals surface area contributed by atoms with Gasteiger partial charge >= 0.3 is 16.4 Å². The molecular weight excluding hydrogens is 879 g/mol. The van der Waals surface area contributed by atoms with Gasteiger partial charge in [-0.05, 0) is 61.0 Å². The summed E-state index contributed by atoms with van der Waals surface area (Å²) in [5.74, 6) is -2.42. The number of aryl methyl sites for hydroxylation is 1. The number of carbonyl (C=O) groups is 1. The molecule has 4 aromatic rings.